The number of fused-ring (bicyclic) bond motifs is 1. The zero-order valence-corrected chi connectivity index (χ0v) is 18.8. The molecule has 1 aliphatic carbocycles. The van der Waals surface area contributed by atoms with Crippen molar-refractivity contribution in [2.45, 2.75) is 51.8 Å². The zero-order chi connectivity index (χ0) is 22.5. The standard InChI is InChI=1S/C23H26ClN3O4/c1-12-17(15(24)10-25-21(12)31-4)20(28)26-16-7-5-6-14-11-27(22(29)18(14)16)19(13-8-9-13)23(2,3)30/h5-7,10,13,19,30H,8-9,11H2,1-4H3,(H,26,28). The molecule has 2 aliphatic rings. The second-order valence-corrected chi connectivity index (χ2v) is 9.19. The quantitative estimate of drug-likeness (QED) is 0.708. The fraction of sp³-hybridized carbons (Fsp3) is 0.435. The van der Waals surface area contributed by atoms with Gasteiger partial charge >= 0.3 is 0 Å². The Hall–Kier alpha value is -2.64. The number of nitrogens with zero attached hydrogens (tertiary/aromatic N) is 2. The summed E-state index contributed by atoms with van der Waals surface area (Å²) in [6, 6.07) is 5.13. The molecule has 2 heterocycles. The van der Waals surface area contributed by atoms with E-state index in [9.17, 15) is 14.7 Å². The lowest BCUT2D eigenvalue weighted by Gasteiger charge is -2.37. The van der Waals surface area contributed by atoms with Crippen molar-refractivity contribution in [1.82, 2.24) is 9.88 Å². The maximum absolute atomic E-state index is 13.4. The lowest BCUT2D eigenvalue weighted by atomic mass is 9.93. The molecule has 164 valence electrons. The molecule has 2 amide bonds. The van der Waals surface area contributed by atoms with Gasteiger partial charge in [-0.3, -0.25) is 9.59 Å². The van der Waals surface area contributed by atoms with Gasteiger partial charge in [0, 0.05) is 12.1 Å². The van der Waals surface area contributed by atoms with Gasteiger partial charge in [-0.05, 0) is 51.2 Å². The third-order valence-corrected chi connectivity index (χ3v) is 6.28. The van der Waals surface area contributed by atoms with Crippen molar-refractivity contribution in [3.05, 3.63) is 51.7 Å². The molecule has 0 radical (unpaired) electrons. The summed E-state index contributed by atoms with van der Waals surface area (Å²) < 4.78 is 5.20. The van der Waals surface area contributed by atoms with Crippen molar-refractivity contribution in [3.63, 3.8) is 0 Å². The molecule has 2 N–H and O–H groups in total. The number of aromatic nitrogens is 1. The molecule has 0 bridgehead atoms. The number of anilines is 1. The molecule has 0 saturated heterocycles. The third kappa shape index (κ3) is 3.88. The monoisotopic (exact) mass is 443 g/mol. The Bertz CT molecular complexity index is 1060. The molecule has 1 aromatic carbocycles. The fourth-order valence-corrected chi connectivity index (χ4v) is 4.85. The predicted octanol–water partition coefficient (Wildman–Crippen LogP) is 3.81. The van der Waals surface area contributed by atoms with E-state index in [4.69, 9.17) is 16.3 Å². The van der Waals surface area contributed by atoms with Crippen LogP contribution in [0.4, 0.5) is 5.69 Å². The molecule has 1 atom stereocenters. The number of nitrogens with one attached hydrogen (secondary N) is 1. The topological polar surface area (TPSA) is 91.8 Å². The summed E-state index contributed by atoms with van der Waals surface area (Å²) in [5.41, 5.74) is 1.46. The number of ether oxygens (including phenoxy) is 1. The van der Waals surface area contributed by atoms with Crippen LogP contribution < -0.4 is 10.1 Å². The van der Waals surface area contributed by atoms with Gasteiger partial charge < -0.3 is 20.1 Å². The van der Waals surface area contributed by atoms with E-state index in [0.717, 1.165) is 18.4 Å². The van der Waals surface area contributed by atoms with Gasteiger partial charge in [-0.1, -0.05) is 23.7 Å². The number of hydrogen-bond donors (Lipinski definition) is 2. The van der Waals surface area contributed by atoms with Crippen LogP contribution in [0.5, 0.6) is 5.88 Å². The molecule has 1 saturated carbocycles. The van der Waals surface area contributed by atoms with Crippen LogP contribution in [-0.2, 0) is 6.54 Å². The summed E-state index contributed by atoms with van der Waals surface area (Å²) in [6.07, 6.45) is 3.37. The SMILES string of the molecule is COc1ncc(Cl)c(C(=O)Nc2cccc3c2C(=O)N(C(C2CC2)C(C)(C)O)C3)c1C. The summed E-state index contributed by atoms with van der Waals surface area (Å²) >= 11 is 6.24. The van der Waals surface area contributed by atoms with E-state index in [2.05, 4.69) is 10.3 Å². The number of aliphatic hydroxyl groups is 1. The van der Waals surface area contributed by atoms with Gasteiger partial charge in [0.1, 0.15) is 0 Å². The number of carbonyl (C=O) groups excluding carboxylic acids is 2. The first kappa shape index (κ1) is 21.6. The average Bonchev–Trinajstić information content (AvgIpc) is 3.45. The van der Waals surface area contributed by atoms with Crippen molar-refractivity contribution in [1.29, 1.82) is 0 Å². The number of amides is 2. The Balaban J connectivity index is 1.66. The van der Waals surface area contributed by atoms with Crippen molar-refractivity contribution in [3.8, 4) is 5.88 Å². The molecule has 0 spiro atoms. The number of hydrogen-bond acceptors (Lipinski definition) is 5. The van der Waals surface area contributed by atoms with Crippen LogP contribution in [0.15, 0.2) is 24.4 Å². The molecule has 1 fully saturated rings. The molecule has 1 aromatic heterocycles. The number of carbonyl (C=O) groups is 2. The molecule has 8 heteroatoms. The number of pyridine rings is 1. The van der Waals surface area contributed by atoms with Gasteiger partial charge in [0.05, 0.1) is 46.8 Å². The van der Waals surface area contributed by atoms with E-state index in [1.54, 1.807) is 31.7 Å². The van der Waals surface area contributed by atoms with Crippen molar-refractivity contribution >= 4 is 29.1 Å². The molecule has 4 rings (SSSR count). The van der Waals surface area contributed by atoms with E-state index < -0.39 is 11.5 Å². The van der Waals surface area contributed by atoms with E-state index in [1.165, 1.54) is 13.3 Å². The second kappa shape index (κ2) is 7.80. The van der Waals surface area contributed by atoms with Crippen molar-refractivity contribution in [2.75, 3.05) is 12.4 Å². The highest BCUT2D eigenvalue weighted by Gasteiger charge is 2.48. The van der Waals surface area contributed by atoms with Gasteiger partial charge in [-0.15, -0.1) is 0 Å². The van der Waals surface area contributed by atoms with E-state index in [-0.39, 0.29) is 22.5 Å². The molecule has 1 unspecified atom stereocenters. The highest BCUT2D eigenvalue weighted by Crippen LogP contribution is 2.43. The lowest BCUT2D eigenvalue weighted by Crippen LogP contribution is -2.51. The predicted molar refractivity (Wildman–Crippen MR) is 118 cm³/mol. The Morgan fingerprint density at radius 3 is 2.71 bits per heavy atom. The van der Waals surface area contributed by atoms with Crippen LogP contribution in [0, 0.1) is 12.8 Å². The van der Waals surface area contributed by atoms with Crippen molar-refractivity contribution in [2.24, 2.45) is 5.92 Å². The largest absolute Gasteiger partial charge is 0.481 e. The van der Waals surface area contributed by atoms with Gasteiger partial charge in [0.15, 0.2) is 0 Å². The summed E-state index contributed by atoms with van der Waals surface area (Å²) in [5.74, 6) is -0.0151. The van der Waals surface area contributed by atoms with Gasteiger partial charge in [0.2, 0.25) is 5.88 Å². The molecule has 1 aliphatic heterocycles. The Kier molecular flexibility index (Phi) is 5.43. The van der Waals surface area contributed by atoms with Crippen LogP contribution >= 0.6 is 11.6 Å². The average molecular weight is 444 g/mol. The van der Waals surface area contributed by atoms with Crippen molar-refractivity contribution < 1.29 is 19.4 Å². The summed E-state index contributed by atoms with van der Waals surface area (Å²) in [6.45, 7) is 5.61. The van der Waals surface area contributed by atoms with Crippen LogP contribution in [0.2, 0.25) is 5.02 Å². The minimum Gasteiger partial charge on any atom is -0.481 e. The number of methoxy groups -OCH3 is 1. The van der Waals surface area contributed by atoms with Crippen LogP contribution in [0.1, 0.15) is 58.5 Å². The first-order valence-electron chi connectivity index (χ1n) is 10.3. The molecular weight excluding hydrogens is 418 g/mol. The van der Waals surface area contributed by atoms with Crippen LogP contribution in [-0.4, -0.2) is 45.6 Å². The Morgan fingerprint density at radius 2 is 2.10 bits per heavy atom. The number of halogens is 1. The summed E-state index contributed by atoms with van der Waals surface area (Å²) in [7, 11) is 1.47. The van der Waals surface area contributed by atoms with E-state index in [0.29, 0.717) is 35.2 Å². The maximum Gasteiger partial charge on any atom is 0.257 e. The van der Waals surface area contributed by atoms with E-state index in [1.807, 2.05) is 12.1 Å². The van der Waals surface area contributed by atoms with E-state index >= 15 is 0 Å². The highest BCUT2D eigenvalue weighted by molar-refractivity contribution is 6.34. The van der Waals surface area contributed by atoms with Gasteiger partial charge in [0.25, 0.3) is 11.8 Å². The smallest absolute Gasteiger partial charge is 0.257 e. The summed E-state index contributed by atoms with van der Waals surface area (Å²) in [4.78, 5) is 32.3. The normalized spacial score (nSPS) is 16.8. The van der Waals surface area contributed by atoms with Crippen LogP contribution in [0.25, 0.3) is 0 Å². The summed E-state index contributed by atoms with van der Waals surface area (Å²) in [5, 5.41) is 13.8. The Labute approximate surface area is 186 Å². The first-order chi connectivity index (χ1) is 14.6. The van der Waals surface area contributed by atoms with Crippen LogP contribution in [0.3, 0.4) is 0 Å². The zero-order valence-electron chi connectivity index (χ0n) is 18.0. The molecule has 2 aromatic rings. The Morgan fingerprint density at radius 1 is 1.39 bits per heavy atom. The molecular formula is C23H26ClN3O4. The minimum absolute atomic E-state index is 0.181. The molecule has 7 nitrogen and oxygen atoms in total. The molecule has 31 heavy (non-hydrogen) atoms. The first-order valence-corrected chi connectivity index (χ1v) is 10.7. The second-order valence-electron chi connectivity index (χ2n) is 8.78. The lowest BCUT2D eigenvalue weighted by molar-refractivity contribution is -0.0224. The van der Waals surface area contributed by atoms with Gasteiger partial charge in [-0.25, -0.2) is 4.98 Å². The third-order valence-electron chi connectivity index (χ3n) is 5.99. The highest BCUT2D eigenvalue weighted by atomic mass is 35.5. The maximum atomic E-state index is 13.4. The fourth-order valence-electron chi connectivity index (χ4n) is 4.57. The van der Waals surface area contributed by atoms with Gasteiger partial charge in [-0.2, -0.15) is 0 Å². The number of benzene rings is 1. The number of rotatable bonds is 6. The minimum atomic E-state index is -1.01.